The summed E-state index contributed by atoms with van der Waals surface area (Å²) in [6, 6.07) is 8.54. The zero-order valence-corrected chi connectivity index (χ0v) is 11.1. The molecule has 0 spiro atoms. The van der Waals surface area contributed by atoms with Gasteiger partial charge in [0, 0.05) is 6.04 Å². The van der Waals surface area contributed by atoms with E-state index >= 15 is 0 Å². The van der Waals surface area contributed by atoms with E-state index in [2.05, 4.69) is 12.1 Å². The lowest BCUT2D eigenvalue weighted by Crippen LogP contribution is -2.31. The van der Waals surface area contributed by atoms with E-state index in [0.717, 1.165) is 37.0 Å². The van der Waals surface area contributed by atoms with Crippen molar-refractivity contribution in [3.05, 3.63) is 29.3 Å². The highest BCUT2D eigenvalue weighted by atomic mass is 16.5. The van der Waals surface area contributed by atoms with Crippen molar-refractivity contribution in [2.24, 2.45) is 5.73 Å². The van der Waals surface area contributed by atoms with Gasteiger partial charge in [-0.3, -0.25) is 0 Å². The fourth-order valence-electron chi connectivity index (χ4n) is 2.85. The average molecular weight is 256 g/mol. The summed E-state index contributed by atoms with van der Waals surface area (Å²) in [5.41, 5.74) is 7.89. The highest BCUT2D eigenvalue weighted by molar-refractivity contribution is 5.46. The number of hydrogen-bond acceptors (Lipinski definition) is 3. The number of nitriles is 1. The van der Waals surface area contributed by atoms with Gasteiger partial charge in [0.05, 0.1) is 17.7 Å². The van der Waals surface area contributed by atoms with Crippen LogP contribution in [0.3, 0.4) is 0 Å². The van der Waals surface area contributed by atoms with Gasteiger partial charge < -0.3 is 10.5 Å². The fourth-order valence-corrected chi connectivity index (χ4v) is 2.85. The van der Waals surface area contributed by atoms with Crippen LogP contribution < -0.4 is 10.5 Å². The maximum Gasteiger partial charge on any atom is 0.120 e. The van der Waals surface area contributed by atoms with Crippen molar-refractivity contribution in [3.63, 3.8) is 0 Å². The Labute approximate surface area is 114 Å². The molecule has 3 heteroatoms. The van der Waals surface area contributed by atoms with Gasteiger partial charge in [-0.25, -0.2) is 0 Å². The smallest absolute Gasteiger partial charge is 0.120 e. The van der Waals surface area contributed by atoms with E-state index in [0.29, 0.717) is 18.1 Å². The molecule has 2 aliphatic carbocycles. The van der Waals surface area contributed by atoms with Crippen LogP contribution in [0.15, 0.2) is 18.2 Å². The molecule has 0 saturated heterocycles. The zero-order valence-electron chi connectivity index (χ0n) is 11.1. The van der Waals surface area contributed by atoms with E-state index in [1.807, 2.05) is 12.1 Å². The van der Waals surface area contributed by atoms with Gasteiger partial charge in [0.15, 0.2) is 0 Å². The fraction of sp³-hybridized carbons (Fsp3) is 0.562. The van der Waals surface area contributed by atoms with Crippen molar-refractivity contribution in [2.45, 2.75) is 56.6 Å². The lowest BCUT2D eigenvalue weighted by molar-refractivity contribution is 0.147. The number of rotatable bonds is 3. The van der Waals surface area contributed by atoms with E-state index in [1.165, 1.54) is 18.4 Å². The van der Waals surface area contributed by atoms with Crippen molar-refractivity contribution in [3.8, 4) is 11.8 Å². The Bertz CT molecular complexity index is 494. The van der Waals surface area contributed by atoms with Crippen LogP contribution >= 0.6 is 0 Å². The summed E-state index contributed by atoms with van der Waals surface area (Å²) in [5, 5.41) is 9.13. The Hall–Kier alpha value is -1.53. The SMILES string of the molecule is N#Cc1ccc(OC2CCC(N)CC2)cc1C1CC1. The number of nitrogens with two attached hydrogens (primary N) is 1. The van der Waals surface area contributed by atoms with Crippen LogP contribution in [-0.2, 0) is 0 Å². The van der Waals surface area contributed by atoms with E-state index in [-0.39, 0.29) is 0 Å². The van der Waals surface area contributed by atoms with Crippen molar-refractivity contribution >= 4 is 0 Å². The Morgan fingerprint density at radius 2 is 1.84 bits per heavy atom. The third kappa shape index (κ3) is 2.90. The van der Waals surface area contributed by atoms with Gasteiger partial charge in [0.25, 0.3) is 0 Å². The molecule has 1 aromatic rings. The predicted molar refractivity (Wildman–Crippen MR) is 74.0 cm³/mol. The van der Waals surface area contributed by atoms with E-state index < -0.39 is 0 Å². The van der Waals surface area contributed by atoms with Gasteiger partial charge in [-0.2, -0.15) is 5.26 Å². The van der Waals surface area contributed by atoms with Crippen LogP contribution in [0, 0.1) is 11.3 Å². The number of nitrogens with zero attached hydrogens (tertiary/aromatic N) is 1. The van der Waals surface area contributed by atoms with E-state index in [1.54, 1.807) is 0 Å². The lowest BCUT2D eigenvalue weighted by atomic mass is 9.93. The summed E-state index contributed by atoms with van der Waals surface area (Å²) in [7, 11) is 0. The van der Waals surface area contributed by atoms with Crippen LogP contribution in [0.25, 0.3) is 0 Å². The summed E-state index contributed by atoms with van der Waals surface area (Å²) in [6.07, 6.45) is 6.89. The first-order valence-corrected chi connectivity index (χ1v) is 7.22. The third-order valence-corrected chi connectivity index (χ3v) is 4.18. The second-order valence-electron chi connectivity index (χ2n) is 5.79. The van der Waals surface area contributed by atoms with Crippen molar-refractivity contribution < 1.29 is 4.74 Å². The van der Waals surface area contributed by atoms with Crippen LogP contribution in [-0.4, -0.2) is 12.1 Å². The Morgan fingerprint density at radius 3 is 2.47 bits per heavy atom. The molecule has 0 heterocycles. The van der Waals surface area contributed by atoms with Gasteiger partial charge in [0.1, 0.15) is 5.75 Å². The summed E-state index contributed by atoms with van der Waals surface area (Å²) < 4.78 is 6.06. The van der Waals surface area contributed by atoms with Crippen LogP contribution in [0.4, 0.5) is 0 Å². The topological polar surface area (TPSA) is 59.0 Å². The van der Waals surface area contributed by atoms with Gasteiger partial charge in [-0.15, -0.1) is 0 Å². The molecule has 2 N–H and O–H groups in total. The Balaban J connectivity index is 1.71. The molecule has 0 radical (unpaired) electrons. The second kappa shape index (κ2) is 5.22. The molecule has 0 amide bonds. The minimum Gasteiger partial charge on any atom is -0.490 e. The third-order valence-electron chi connectivity index (χ3n) is 4.18. The molecule has 2 aliphatic rings. The van der Waals surface area contributed by atoms with Gasteiger partial charge in [0.2, 0.25) is 0 Å². The highest BCUT2D eigenvalue weighted by Gasteiger charge is 2.27. The van der Waals surface area contributed by atoms with Crippen LogP contribution in [0.1, 0.15) is 55.6 Å². The molecule has 0 aliphatic heterocycles. The number of benzene rings is 1. The Kier molecular flexibility index (Phi) is 3.44. The molecule has 2 fully saturated rings. The number of hydrogen-bond donors (Lipinski definition) is 1. The molecule has 1 aromatic carbocycles. The molecule has 0 unspecified atom stereocenters. The summed E-state index contributed by atoms with van der Waals surface area (Å²) in [4.78, 5) is 0. The normalized spacial score (nSPS) is 26.7. The van der Waals surface area contributed by atoms with E-state index in [4.69, 9.17) is 15.7 Å². The molecule has 3 rings (SSSR count). The zero-order chi connectivity index (χ0) is 13.2. The van der Waals surface area contributed by atoms with Crippen molar-refractivity contribution in [1.82, 2.24) is 0 Å². The lowest BCUT2D eigenvalue weighted by Gasteiger charge is -2.27. The Morgan fingerprint density at radius 1 is 1.11 bits per heavy atom. The number of ether oxygens (including phenoxy) is 1. The largest absolute Gasteiger partial charge is 0.490 e. The van der Waals surface area contributed by atoms with Crippen molar-refractivity contribution in [2.75, 3.05) is 0 Å². The molecule has 0 aromatic heterocycles. The maximum atomic E-state index is 9.13. The predicted octanol–water partition coefficient (Wildman–Crippen LogP) is 3.08. The highest BCUT2D eigenvalue weighted by Crippen LogP contribution is 2.42. The molecule has 0 bridgehead atoms. The first-order chi connectivity index (χ1) is 9.26. The molecule has 3 nitrogen and oxygen atoms in total. The van der Waals surface area contributed by atoms with Crippen LogP contribution in [0.5, 0.6) is 5.75 Å². The second-order valence-corrected chi connectivity index (χ2v) is 5.79. The van der Waals surface area contributed by atoms with Crippen molar-refractivity contribution in [1.29, 1.82) is 5.26 Å². The minimum absolute atomic E-state index is 0.291. The van der Waals surface area contributed by atoms with Crippen LogP contribution in [0.2, 0.25) is 0 Å². The quantitative estimate of drug-likeness (QED) is 0.904. The minimum atomic E-state index is 0.291. The first-order valence-electron chi connectivity index (χ1n) is 7.22. The molecule has 100 valence electrons. The van der Waals surface area contributed by atoms with E-state index in [9.17, 15) is 0 Å². The molecular weight excluding hydrogens is 236 g/mol. The molecule has 19 heavy (non-hydrogen) atoms. The molecule has 0 atom stereocenters. The van der Waals surface area contributed by atoms with Gasteiger partial charge in [-0.05, 0) is 68.2 Å². The summed E-state index contributed by atoms with van der Waals surface area (Å²) >= 11 is 0. The molecular formula is C16H20N2O. The first kappa shape index (κ1) is 12.5. The maximum absolute atomic E-state index is 9.13. The monoisotopic (exact) mass is 256 g/mol. The average Bonchev–Trinajstić information content (AvgIpc) is 3.26. The summed E-state index contributed by atoms with van der Waals surface area (Å²) in [6.45, 7) is 0. The summed E-state index contributed by atoms with van der Waals surface area (Å²) in [5.74, 6) is 1.50. The molecule has 2 saturated carbocycles. The van der Waals surface area contributed by atoms with Gasteiger partial charge in [-0.1, -0.05) is 0 Å². The van der Waals surface area contributed by atoms with Gasteiger partial charge >= 0.3 is 0 Å². The standard InChI is InChI=1S/C16H20N2O/c17-10-12-3-6-15(9-16(12)11-1-2-11)19-14-7-4-13(18)5-8-14/h3,6,9,11,13-14H,1-2,4-5,7-8,18H2.